The first-order valence-corrected chi connectivity index (χ1v) is 11.1. The van der Waals surface area contributed by atoms with Crippen molar-refractivity contribution in [1.29, 1.82) is 0 Å². The maximum atomic E-state index is 13.4. The first-order valence-electron chi connectivity index (χ1n) is 10.3. The number of anilines is 1. The zero-order valence-corrected chi connectivity index (χ0v) is 17.6. The maximum Gasteiger partial charge on any atom is 0.230 e. The third-order valence-corrected chi connectivity index (χ3v) is 7.68. The highest BCUT2D eigenvalue weighted by Crippen LogP contribution is 2.60. The minimum Gasteiger partial charge on any atom is -0.325 e. The van der Waals surface area contributed by atoms with Crippen LogP contribution in [0.2, 0.25) is 10.0 Å². The Labute approximate surface area is 180 Å². The van der Waals surface area contributed by atoms with Gasteiger partial charge < -0.3 is 5.32 Å². The van der Waals surface area contributed by atoms with E-state index in [1.165, 1.54) is 19.3 Å². The van der Waals surface area contributed by atoms with Gasteiger partial charge in [-0.05, 0) is 86.6 Å². The molecule has 6 rings (SSSR count). The first-order chi connectivity index (χ1) is 13.9. The highest BCUT2D eigenvalue weighted by atomic mass is 35.5. The lowest BCUT2D eigenvalue weighted by molar-refractivity contribution is -0.140. The molecule has 0 unspecified atom stereocenters. The molecular formula is C24H23Cl2NO2. The average Bonchev–Trinajstić information content (AvgIpc) is 2.68. The SMILES string of the molecule is O=C(c1ccccc1Cl)c1cc(Cl)ccc1NC(=O)C12CC3CC(CC(C3)C1)C2. The topological polar surface area (TPSA) is 46.2 Å². The minimum atomic E-state index is -0.279. The second kappa shape index (κ2) is 7.14. The number of hydrogen-bond donors (Lipinski definition) is 1. The molecule has 0 atom stereocenters. The van der Waals surface area contributed by atoms with E-state index in [1.54, 1.807) is 42.5 Å². The third-order valence-electron chi connectivity index (χ3n) is 7.11. The summed E-state index contributed by atoms with van der Waals surface area (Å²) in [6.45, 7) is 0. The molecule has 4 aliphatic carbocycles. The number of halogens is 2. The van der Waals surface area contributed by atoms with Gasteiger partial charge in [-0.25, -0.2) is 0 Å². The fourth-order valence-corrected chi connectivity index (χ4v) is 6.64. The molecule has 1 amide bonds. The Bertz CT molecular complexity index is 965. The molecule has 4 aliphatic rings. The standard InChI is InChI=1S/C24H23Cl2NO2/c25-17-5-6-21(19(10-17)22(28)18-3-1-2-4-20(18)26)27-23(29)24-11-14-7-15(12-24)9-16(8-14)13-24/h1-6,10,14-16H,7-9,11-13H2,(H,27,29). The van der Waals surface area contributed by atoms with Crippen molar-refractivity contribution in [2.24, 2.45) is 23.2 Å². The fourth-order valence-electron chi connectivity index (χ4n) is 6.25. The Morgan fingerprint density at radius 3 is 2.10 bits per heavy atom. The van der Waals surface area contributed by atoms with Crippen LogP contribution in [0.3, 0.4) is 0 Å². The van der Waals surface area contributed by atoms with E-state index in [0.717, 1.165) is 19.3 Å². The molecule has 0 aromatic heterocycles. The van der Waals surface area contributed by atoms with Crippen LogP contribution in [-0.4, -0.2) is 11.7 Å². The number of amides is 1. The molecule has 0 saturated heterocycles. The van der Waals surface area contributed by atoms with E-state index in [4.69, 9.17) is 23.2 Å². The van der Waals surface area contributed by atoms with Crippen LogP contribution in [0.15, 0.2) is 42.5 Å². The summed E-state index contributed by atoms with van der Waals surface area (Å²) >= 11 is 12.4. The van der Waals surface area contributed by atoms with Crippen molar-refractivity contribution >= 4 is 40.6 Å². The number of carbonyl (C=O) groups excluding carboxylic acids is 2. The van der Waals surface area contributed by atoms with Gasteiger partial charge in [-0.1, -0.05) is 35.3 Å². The van der Waals surface area contributed by atoms with Gasteiger partial charge in [-0.15, -0.1) is 0 Å². The van der Waals surface area contributed by atoms with Crippen molar-refractivity contribution in [1.82, 2.24) is 0 Å². The van der Waals surface area contributed by atoms with Crippen molar-refractivity contribution in [3.8, 4) is 0 Å². The van der Waals surface area contributed by atoms with Gasteiger partial charge in [0.05, 0.1) is 16.1 Å². The molecule has 4 bridgehead atoms. The van der Waals surface area contributed by atoms with E-state index >= 15 is 0 Å². The number of benzene rings is 2. The van der Waals surface area contributed by atoms with E-state index in [1.807, 2.05) is 0 Å². The Morgan fingerprint density at radius 2 is 1.48 bits per heavy atom. The molecule has 1 N–H and O–H groups in total. The van der Waals surface area contributed by atoms with Gasteiger partial charge in [0.1, 0.15) is 0 Å². The Morgan fingerprint density at radius 1 is 0.862 bits per heavy atom. The highest BCUT2D eigenvalue weighted by Gasteiger charge is 2.54. The second-order valence-corrected chi connectivity index (χ2v) is 9.99. The molecule has 4 saturated carbocycles. The van der Waals surface area contributed by atoms with E-state index < -0.39 is 0 Å². The van der Waals surface area contributed by atoms with E-state index in [0.29, 0.717) is 44.6 Å². The molecular weight excluding hydrogens is 405 g/mol. The van der Waals surface area contributed by atoms with Crippen LogP contribution >= 0.6 is 23.2 Å². The van der Waals surface area contributed by atoms with E-state index in [9.17, 15) is 9.59 Å². The summed E-state index contributed by atoms with van der Waals surface area (Å²) in [6.07, 6.45) is 6.78. The second-order valence-electron chi connectivity index (χ2n) is 9.15. The monoisotopic (exact) mass is 427 g/mol. The highest BCUT2D eigenvalue weighted by molar-refractivity contribution is 6.36. The van der Waals surface area contributed by atoms with Crippen LogP contribution < -0.4 is 5.32 Å². The van der Waals surface area contributed by atoms with Crippen LogP contribution in [0.5, 0.6) is 0 Å². The molecule has 29 heavy (non-hydrogen) atoms. The Kier molecular flexibility index (Phi) is 4.71. The largest absolute Gasteiger partial charge is 0.325 e. The van der Waals surface area contributed by atoms with Gasteiger partial charge in [0.2, 0.25) is 5.91 Å². The number of rotatable bonds is 4. The molecule has 150 valence electrons. The predicted octanol–water partition coefficient (Wildman–Crippen LogP) is 6.38. The smallest absolute Gasteiger partial charge is 0.230 e. The fraction of sp³-hybridized carbons (Fsp3) is 0.417. The van der Waals surface area contributed by atoms with E-state index in [-0.39, 0.29) is 17.1 Å². The molecule has 2 aromatic rings. The summed E-state index contributed by atoms with van der Waals surface area (Å²) in [7, 11) is 0. The number of ketones is 1. The normalized spacial score (nSPS) is 29.7. The lowest BCUT2D eigenvalue weighted by atomic mass is 9.49. The van der Waals surface area contributed by atoms with Crippen LogP contribution in [0.25, 0.3) is 0 Å². The summed E-state index contributed by atoms with van der Waals surface area (Å²) in [5.74, 6) is 1.87. The zero-order valence-electron chi connectivity index (χ0n) is 16.1. The summed E-state index contributed by atoms with van der Waals surface area (Å²) in [5.41, 5.74) is 1.02. The number of nitrogens with one attached hydrogen (secondary N) is 1. The molecule has 0 aliphatic heterocycles. The van der Waals surface area contributed by atoms with Gasteiger partial charge in [0.25, 0.3) is 0 Å². The third kappa shape index (κ3) is 3.39. The predicted molar refractivity (Wildman–Crippen MR) is 116 cm³/mol. The first kappa shape index (κ1) is 19.1. The molecule has 4 fully saturated rings. The van der Waals surface area contributed by atoms with Crippen LogP contribution in [0.1, 0.15) is 54.4 Å². The molecule has 3 nitrogen and oxygen atoms in total. The quantitative estimate of drug-likeness (QED) is 0.575. The summed E-state index contributed by atoms with van der Waals surface area (Å²) < 4.78 is 0. The van der Waals surface area contributed by atoms with Gasteiger partial charge in [0.15, 0.2) is 5.78 Å². The Hall–Kier alpha value is -1.84. The maximum absolute atomic E-state index is 13.4. The van der Waals surface area contributed by atoms with Crippen molar-refractivity contribution in [3.63, 3.8) is 0 Å². The summed E-state index contributed by atoms with van der Waals surface area (Å²) in [5, 5.41) is 3.94. The van der Waals surface area contributed by atoms with Crippen molar-refractivity contribution in [2.75, 3.05) is 5.32 Å². The molecule has 0 heterocycles. The molecule has 0 spiro atoms. The summed E-state index contributed by atoms with van der Waals surface area (Å²) in [6, 6.07) is 12.0. The van der Waals surface area contributed by atoms with Crippen molar-refractivity contribution in [2.45, 2.75) is 38.5 Å². The average molecular weight is 428 g/mol. The van der Waals surface area contributed by atoms with Crippen LogP contribution in [0, 0.1) is 23.2 Å². The van der Waals surface area contributed by atoms with Gasteiger partial charge in [-0.2, -0.15) is 0 Å². The summed E-state index contributed by atoms with van der Waals surface area (Å²) in [4.78, 5) is 26.6. The Balaban J connectivity index is 1.46. The molecule has 5 heteroatoms. The number of hydrogen-bond acceptors (Lipinski definition) is 2. The van der Waals surface area contributed by atoms with Crippen LogP contribution in [-0.2, 0) is 4.79 Å². The van der Waals surface area contributed by atoms with E-state index in [2.05, 4.69) is 5.32 Å². The number of carbonyl (C=O) groups is 2. The van der Waals surface area contributed by atoms with Crippen molar-refractivity contribution < 1.29 is 9.59 Å². The van der Waals surface area contributed by atoms with Gasteiger partial charge in [-0.3, -0.25) is 9.59 Å². The van der Waals surface area contributed by atoms with Crippen LogP contribution in [0.4, 0.5) is 5.69 Å². The van der Waals surface area contributed by atoms with Gasteiger partial charge >= 0.3 is 0 Å². The minimum absolute atomic E-state index is 0.0622. The van der Waals surface area contributed by atoms with Gasteiger partial charge in [0, 0.05) is 16.1 Å². The molecule has 0 radical (unpaired) electrons. The lowest BCUT2D eigenvalue weighted by Crippen LogP contribution is -2.51. The zero-order chi connectivity index (χ0) is 20.2. The molecule has 2 aromatic carbocycles. The lowest BCUT2D eigenvalue weighted by Gasteiger charge is -2.55. The van der Waals surface area contributed by atoms with Crippen molar-refractivity contribution in [3.05, 3.63) is 63.6 Å².